The fourth-order valence-electron chi connectivity index (χ4n) is 1.00. The first-order valence-corrected chi connectivity index (χ1v) is 6.55. The van der Waals surface area contributed by atoms with Gasteiger partial charge in [0.25, 0.3) is 0 Å². The first-order valence-electron chi connectivity index (χ1n) is 3.56. The summed E-state index contributed by atoms with van der Waals surface area (Å²) in [6.07, 6.45) is 0. The fourth-order valence-corrected chi connectivity index (χ4v) is 4.21. The molecule has 1 aliphatic rings. The molecular weight excluding hydrogens is 248 g/mol. The van der Waals surface area contributed by atoms with Gasteiger partial charge in [-0.05, 0) is 12.1 Å². The third-order valence-corrected chi connectivity index (χ3v) is 4.59. The van der Waals surface area contributed by atoms with Gasteiger partial charge in [0.1, 0.15) is 0 Å². The number of rotatable bonds is 2. The Morgan fingerprint density at radius 2 is 1.57 bits per heavy atom. The molecule has 2 rings (SSSR count). The van der Waals surface area contributed by atoms with Gasteiger partial charge in [-0.1, -0.05) is 35.7 Å². The quantitative estimate of drug-likeness (QED) is 0.678. The number of hydrogen-bond donors (Lipinski definition) is 0. The Morgan fingerprint density at radius 3 is 2.00 bits per heavy atom. The molecule has 0 spiro atoms. The minimum Gasteiger partial charge on any atom is -0.183 e. The summed E-state index contributed by atoms with van der Waals surface area (Å²) in [4.78, 5) is 1.86. The number of fused-ring (bicyclic) bond motifs is 1. The van der Waals surface area contributed by atoms with Crippen LogP contribution < -0.4 is 14.0 Å². The first-order chi connectivity index (χ1) is 6.54. The smallest absolute Gasteiger partial charge is 0.183 e. The van der Waals surface area contributed by atoms with Crippen molar-refractivity contribution in [2.45, 2.75) is 14.6 Å². The Hall–Kier alpha value is 0.0500. The zero-order chi connectivity index (χ0) is 10.2. The van der Waals surface area contributed by atoms with Gasteiger partial charge in [-0.15, -0.1) is 0 Å². The van der Waals surface area contributed by atoms with Crippen molar-refractivity contribution in [3.05, 3.63) is 24.3 Å². The molecule has 0 amide bonds. The van der Waals surface area contributed by atoms with E-state index in [1.165, 1.54) is 23.5 Å². The second-order valence-corrected chi connectivity index (χ2v) is 5.88. The minimum absolute atomic E-state index is 0.698. The van der Waals surface area contributed by atoms with E-state index < -0.39 is 15.0 Å². The van der Waals surface area contributed by atoms with Gasteiger partial charge in [0.2, 0.25) is 0 Å². The van der Waals surface area contributed by atoms with Crippen LogP contribution in [-0.4, -0.2) is 4.77 Å². The van der Waals surface area contributed by atoms with Crippen molar-refractivity contribution in [1.82, 2.24) is 0 Å². The number of halogens is 1. The van der Waals surface area contributed by atoms with Crippen molar-refractivity contribution in [3.63, 3.8) is 0 Å². The van der Waals surface area contributed by atoms with Crippen LogP contribution in [0.15, 0.2) is 34.1 Å². The van der Waals surface area contributed by atoms with Gasteiger partial charge in [-0.25, -0.2) is 0 Å². The molecule has 0 bridgehead atoms. The SMILES string of the molecule is [O-][Cl+3]([O-])([O-])OC1Sc2ccccc2S1. The molecule has 7 heteroatoms. The van der Waals surface area contributed by atoms with Crippen LogP contribution in [0.1, 0.15) is 0 Å². The Morgan fingerprint density at radius 1 is 1.07 bits per heavy atom. The lowest BCUT2D eigenvalue weighted by Gasteiger charge is -2.14. The summed E-state index contributed by atoms with van der Waals surface area (Å²) in [7, 11) is -4.35. The number of hydrogen-bond acceptors (Lipinski definition) is 6. The molecule has 0 saturated heterocycles. The zero-order valence-corrected chi connectivity index (χ0v) is 9.10. The van der Waals surface area contributed by atoms with Gasteiger partial charge in [0, 0.05) is 9.79 Å². The Kier molecular flexibility index (Phi) is 2.94. The first kappa shape index (κ1) is 10.6. The molecule has 14 heavy (non-hydrogen) atoms. The van der Waals surface area contributed by atoms with Crippen molar-refractivity contribution < 1.29 is 28.5 Å². The summed E-state index contributed by atoms with van der Waals surface area (Å²) in [5.41, 5.74) is 0. The highest BCUT2D eigenvalue weighted by molar-refractivity contribution is 8.19. The van der Waals surface area contributed by atoms with E-state index in [2.05, 4.69) is 4.29 Å². The molecule has 0 atom stereocenters. The lowest BCUT2D eigenvalue weighted by molar-refractivity contribution is -1.92. The maximum atomic E-state index is 10.3. The standard InChI is InChI=1S/C7H5ClO4S2/c9-8(10,11)12-7-13-5-3-1-2-4-6(5)14-7/h1-4,7H. The summed E-state index contributed by atoms with van der Waals surface area (Å²) in [6, 6.07) is 7.39. The van der Waals surface area contributed by atoms with Crippen LogP contribution in [0.2, 0.25) is 0 Å². The number of benzene rings is 1. The van der Waals surface area contributed by atoms with Crippen LogP contribution in [0.3, 0.4) is 0 Å². The van der Waals surface area contributed by atoms with Gasteiger partial charge in [0.15, 0.2) is 0 Å². The van der Waals surface area contributed by atoms with E-state index in [9.17, 15) is 14.0 Å². The lowest BCUT2D eigenvalue weighted by atomic mass is 10.4. The van der Waals surface area contributed by atoms with Crippen molar-refractivity contribution in [3.8, 4) is 0 Å². The molecule has 1 aliphatic heterocycles. The van der Waals surface area contributed by atoms with E-state index >= 15 is 0 Å². The van der Waals surface area contributed by atoms with Crippen LogP contribution in [0.5, 0.6) is 0 Å². The fraction of sp³-hybridized carbons (Fsp3) is 0.143. The average Bonchev–Trinajstić information content (AvgIpc) is 2.42. The zero-order valence-electron chi connectivity index (χ0n) is 6.71. The summed E-state index contributed by atoms with van der Waals surface area (Å²) >= 11 is 2.44. The van der Waals surface area contributed by atoms with Crippen LogP contribution in [-0.2, 0) is 4.29 Å². The molecular formula is C7H5ClO4S2. The van der Waals surface area contributed by atoms with E-state index in [0.717, 1.165) is 9.79 Å². The van der Waals surface area contributed by atoms with Crippen LogP contribution in [0.25, 0.3) is 0 Å². The second-order valence-electron chi connectivity index (χ2n) is 2.44. The molecule has 0 N–H and O–H groups in total. The monoisotopic (exact) mass is 252 g/mol. The minimum atomic E-state index is -4.35. The van der Waals surface area contributed by atoms with E-state index in [4.69, 9.17) is 0 Å². The molecule has 1 aromatic rings. The highest BCUT2D eigenvalue weighted by Crippen LogP contribution is 2.48. The van der Waals surface area contributed by atoms with Gasteiger partial charge >= 0.3 is 4.77 Å². The van der Waals surface area contributed by atoms with E-state index in [1.807, 2.05) is 24.3 Å². The molecule has 0 unspecified atom stereocenters. The molecule has 0 radical (unpaired) electrons. The molecule has 0 aliphatic carbocycles. The Bertz CT molecular complexity index is 316. The largest absolute Gasteiger partial charge is 0.314 e. The summed E-state index contributed by atoms with van der Waals surface area (Å²) < 4.78 is 34.5. The normalized spacial score (nSPS) is 17.1. The molecule has 4 nitrogen and oxygen atoms in total. The summed E-state index contributed by atoms with van der Waals surface area (Å²) in [5.74, 6) is 0. The van der Waals surface area contributed by atoms with E-state index in [1.54, 1.807) is 0 Å². The van der Waals surface area contributed by atoms with E-state index in [-0.39, 0.29) is 0 Å². The van der Waals surface area contributed by atoms with Crippen molar-refractivity contribution in [2.75, 3.05) is 0 Å². The third kappa shape index (κ3) is 2.54. The Balaban J connectivity index is 2.05. The van der Waals surface area contributed by atoms with E-state index in [0.29, 0.717) is 0 Å². The lowest BCUT2D eigenvalue weighted by Crippen LogP contribution is -2.61. The van der Waals surface area contributed by atoms with Crippen molar-refractivity contribution in [1.29, 1.82) is 0 Å². The number of thioether (sulfide) groups is 2. The highest BCUT2D eigenvalue weighted by atomic mass is 35.7. The van der Waals surface area contributed by atoms with Gasteiger partial charge in [0.05, 0.1) is 14.5 Å². The summed E-state index contributed by atoms with van der Waals surface area (Å²) in [5, 5.41) is 0. The second kappa shape index (κ2) is 3.90. The maximum Gasteiger partial charge on any atom is 0.314 e. The Labute approximate surface area is 91.0 Å². The third-order valence-electron chi connectivity index (χ3n) is 1.48. The predicted molar refractivity (Wildman–Crippen MR) is 43.0 cm³/mol. The summed E-state index contributed by atoms with van der Waals surface area (Å²) in [6.45, 7) is 0. The van der Waals surface area contributed by atoms with Gasteiger partial charge in [-0.3, -0.25) is 0 Å². The van der Waals surface area contributed by atoms with Crippen molar-refractivity contribution >= 4 is 23.5 Å². The molecule has 0 saturated carbocycles. The average molecular weight is 253 g/mol. The van der Waals surface area contributed by atoms with Gasteiger partial charge in [-0.2, -0.15) is 14.0 Å². The van der Waals surface area contributed by atoms with Crippen LogP contribution in [0.4, 0.5) is 0 Å². The molecule has 0 aromatic heterocycles. The highest BCUT2D eigenvalue weighted by Gasteiger charge is 2.36. The topological polar surface area (TPSA) is 78.4 Å². The van der Waals surface area contributed by atoms with Crippen LogP contribution in [0, 0.1) is 10.2 Å². The molecule has 0 fully saturated rings. The van der Waals surface area contributed by atoms with Crippen LogP contribution >= 0.6 is 23.5 Å². The van der Waals surface area contributed by atoms with Gasteiger partial charge < -0.3 is 0 Å². The molecule has 76 valence electrons. The molecule has 1 aromatic carbocycles. The van der Waals surface area contributed by atoms with Crippen molar-refractivity contribution in [2.24, 2.45) is 0 Å². The molecule has 1 heterocycles. The predicted octanol–water partition coefficient (Wildman–Crippen LogP) is -0.918. The maximum absolute atomic E-state index is 10.3.